The Balaban J connectivity index is 1.92. The van der Waals surface area contributed by atoms with E-state index in [0.717, 1.165) is 17.1 Å². The first-order chi connectivity index (χ1) is 11.0. The van der Waals surface area contributed by atoms with Crippen molar-refractivity contribution in [3.8, 4) is 5.75 Å². The standard InChI is InChI=1S/C16H16FNO3S2/c1-21-14-6-2-12(3-7-14)16-18(10-11-22-16)23(19,20)15-8-4-13(17)5-9-15/h2-9,16H,10-11H2,1H3/t16-/m1/s1. The van der Waals surface area contributed by atoms with Crippen molar-refractivity contribution >= 4 is 21.8 Å². The lowest BCUT2D eigenvalue weighted by molar-refractivity contribution is 0.413. The maximum atomic E-state index is 13.0. The van der Waals surface area contributed by atoms with Crippen LogP contribution in [0.15, 0.2) is 53.4 Å². The van der Waals surface area contributed by atoms with Gasteiger partial charge in [-0.2, -0.15) is 4.31 Å². The number of thioether (sulfide) groups is 1. The highest BCUT2D eigenvalue weighted by Gasteiger charge is 2.36. The molecule has 0 bridgehead atoms. The Bertz CT molecular complexity index is 776. The molecule has 0 aliphatic carbocycles. The number of benzene rings is 2. The van der Waals surface area contributed by atoms with E-state index in [1.807, 2.05) is 24.3 Å². The van der Waals surface area contributed by atoms with E-state index in [1.165, 1.54) is 28.6 Å². The molecule has 0 radical (unpaired) electrons. The number of ether oxygens (including phenoxy) is 1. The van der Waals surface area contributed by atoms with Crippen molar-refractivity contribution in [2.75, 3.05) is 19.4 Å². The molecule has 1 atom stereocenters. The predicted octanol–water partition coefficient (Wildman–Crippen LogP) is 3.27. The van der Waals surface area contributed by atoms with E-state index in [0.29, 0.717) is 6.54 Å². The molecule has 0 saturated carbocycles. The molecule has 0 amide bonds. The molecule has 7 heteroatoms. The third kappa shape index (κ3) is 3.22. The zero-order valence-electron chi connectivity index (χ0n) is 12.5. The van der Waals surface area contributed by atoms with Gasteiger partial charge >= 0.3 is 0 Å². The van der Waals surface area contributed by atoms with Crippen LogP contribution in [-0.2, 0) is 10.0 Å². The largest absolute Gasteiger partial charge is 0.497 e. The van der Waals surface area contributed by atoms with Crippen molar-refractivity contribution in [2.45, 2.75) is 10.3 Å². The Morgan fingerprint density at radius 3 is 2.39 bits per heavy atom. The summed E-state index contributed by atoms with van der Waals surface area (Å²) in [6.07, 6.45) is 0. The monoisotopic (exact) mass is 353 g/mol. The first kappa shape index (κ1) is 16.3. The molecule has 3 rings (SSSR count). The predicted molar refractivity (Wildman–Crippen MR) is 88.5 cm³/mol. The van der Waals surface area contributed by atoms with Crippen molar-refractivity contribution in [3.05, 3.63) is 59.9 Å². The van der Waals surface area contributed by atoms with Gasteiger partial charge in [0, 0.05) is 12.3 Å². The molecule has 4 nitrogen and oxygen atoms in total. The fourth-order valence-corrected chi connectivity index (χ4v) is 5.71. The third-order valence-electron chi connectivity index (χ3n) is 3.67. The van der Waals surface area contributed by atoms with Crippen LogP contribution in [-0.4, -0.2) is 32.1 Å². The minimum absolute atomic E-state index is 0.111. The van der Waals surface area contributed by atoms with E-state index in [4.69, 9.17) is 4.74 Å². The minimum Gasteiger partial charge on any atom is -0.497 e. The summed E-state index contributed by atoms with van der Waals surface area (Å²) in [6.45, 7) is 0.432. The Kier molecular flexibility index (Phi) is 4.61. The van der Waals surface area contributed by atoms with Crippen molar-refractivity contribution in [1.29, 1.82) is 0 Å². The van der Waals surface area contributed by atoms with Gasteiger partial charge in [-0.1, -0.05) is 12.1 Å². The molecule has 1 fully saturated rings. The second-order valence-corrected chi connectivity index (χ2v) is 8.14. The Morgan fingerprint density at radius 2 is 1.78 bits per heavy atom. The van der Waals surface area contributed by atoms with Gasteiger partial charge in [-0.15, -0.1) is 11.8 Å². The van der Waals surface area contributed by atoms with E-state index in [9.17, 15) is 12.8 Å². The van der Waals surface area contributed by atoms with Gasteiger partial charge in [0.1, 0.15) is 11.6 Å². The van der Waals surface area contributed by atoms with E-state index >= 15 is 0 Å². The lowest BCUT2D eigenvalue weighted by Gasteiger charge is -2.23. The molecule has 23 heavy (non-hydrogen) atoms. The van der Waals surface area contributed by atoms with Gasteiger partial charge < -0.3 is 4.74 Å². The van der Waals surface area contributed by atoms with Gasteiger partial charge in [-0.25, -0.2) is 12.8 Å². The number of sulfonamides is 1. The fourth-order valence-electron chi connectivity index (χ4n) is 2.47. The summed E-state index contributed by atoms with van der Waals surface area (Å²) in [5.74, 6) is 0.994. The molecule has 0 N–H and O–H groups in total. The summed E-state index contributed by atoms with van der Waals surface area (Å²) in [4.78, 5) is 0.111. The van der Waals surface area contributed by atoms with Crippen LogP contribution >= 0.6 is 11.8 Å². The molecular weight excluding hydrogens is 337 g/mol. The highest BCUT2D eigenvalue weighted by molar-refractivity contribution is 8.01. The number of methoxy groups -OCH3 is 1. The Hall–Kier alpha value is -1.57. The normalized spacial score (nSPS) is 19.0. The fraction of sp³-hybridized carbons (Fsp3) is 0.250. The summed E-state index contributed by atoms with van der Waals surface area (Å²) in [7, 11) is -2.07. The third-order valence-corrected chi connectivity index (χ3v) is 6.94. The highest BCUT2D eigenvalue weighted by Crippen LogP contribution is 2.41. The second-order valence-electron chi connectivity index (χ2n) is 5.07. The summed E-state index contributed by atoms with van der Waals surface area (Å²) < 4.78 is 45.3. The van der Waals surface area contributed by atoms with Gasteiger partial charge in [0.15, 0.2) is 0 Å². The number of hydrogen-bond donors (Lipinski definition) is 0. The quantitative estimate of drug-likeness (QED) is 0.846. The van der Waals surface area contributed by atoms with Crippen molar-refractivity contribution in [2.24, 2.45) is 0 Å². The molecule has 0 aromatic heterocycles. The molecule has 2 aromatic rings. The maximum absolute atomic E-state index is 13.0. The van der Waals surface area contributed by atoms with Crippen molar-refractivity contribution in [3.63, 3.8) is 0 Å². The van der Waals surface area contributed by atoms with Gasteiger partial charge in [-0.05, 0) is 42.0 Å². The van der Waals surface area contributed by atoms with Crippen LogP contribution in [0.1, 0.15) is 10.9 Å². The van der Waals surface area contributed by atoms with Crippen LogP contribution in [0.4, 0.5) is 4.39 Å². The topological polar surface area (TPSA) is 46.6 Å². The SMILES string of the molecule is COc1ccc([C@H]2SCCN2S(=O)(=O)c2ccc(F)cc2)cc1. The summed E-state index contributed by atoms with van der Waals surface area (Å²) in [5, 5.41) is -0.282. The van der Waals surface area contributed by atoms with Crippen LogP contribution in [0.2, 0.25) is 0 Å². The number of rotatable bonds is 4. The molecule has 2 aromatic carbocycles. The average Bonchev–Trinajstić information content (AvgIpc) is 3.06. The molecule has 122 valence electrons. The summed E-state index contributed by atoms with van der Waals surface area (Å²) >= 11 is 1.57. The second kappa shape index (κ2) is 6.51. The smallest absolute Gasteiger partial charge is 0.244 e. The van der Waals surface area contributed by atoms with Crippen LogP contribution < -0.4 is 4.74 Å². The number of nitrogens with zero attached hydrogens (tertiary/aromatic N) is 1. The molecule has 1 heterocycles. The van der Waals surface area contributed by atoms with Crippen molar-refractivity contribution in [1.82, 2.24) is 4.31 Å². The van der Waals surface area contributed by atoms with Crippen LogP contribution in [0, 0.1) is 5.82 Å². The van der Waals surface area contributed by atoms with Crippen molar-refractivity contribution < 1.29 is 17.5 Å². The zero-order chi connectivity index (χ0) is 16.4. The van der Waals surface area contributed by atoms with Gasteiger partial charge in [0.05, 0.1) is 17.4 Å². The number of halogens is 1. The average molecular weight is 353 g/mol. The van der Waals surface area contributed by atoms with E-state index in [2.05, 4.69) is 0 Å². The van der Waals surface area contributed by atoms with E-state index in [-0.39, 0.29) is 10.3 Å². The molecular formula is C16H16FNO3S2. The van der Waals surface area contributed by atoms with Crippen LogP contribution in [0.3, 0.4) is 0 Å². The molecule has 1 aliphatic rings. The first-order valence-electron chi connectivity index (χ1n) is 7.05. The number of hydrogen-bond acceptors (Lipinski definition) is 4. The van der Waals surface area contributed by atoms with Crippen LogP contribution in [0.5, 0.6) is 5.75 Å². The van der Waals surface area contributed by atoms with Gasteiger partial charge in [0.25, 0.3) is 0 Å². The molecule has 1 saturated heterocycles. The van der Waals surface area contributed by atoms with E-state index < -0.39 is 15.8 Å². The molecule has 0 spiro atoms. The Labute approximate surface area is 139 Å². The van der Waals surface area contributed by atoms with E-state index in [1.54, 1.807) is 18.9 Å². The lowest BCUT2D eigenvalue weighted by atomic mass is 10.2. The summed E-state index contributed by atoms with van der Waals surface area (Å²) in [5.41, 5.74) is 0.902. The lowest BCUT2D eigenvalue weighted by Crippen LogP contribution is -2.30. The highest BCUT2D eigenvalue weighted by atomic mass is 32.2. The van der Waals surface area contributed by atoms with Crippen LogP contribution in [0.25, 0.3) is 0 Å². The minimum atomic E-state index is -3.65. The zero-order valence-corrected chi connectivity index (χ0v) is 14.1. The molecule has 1 aliphatic heterocycles. The van der Waals surface area contributed by atoms with Gasteiger partial charge in [-0.3, -0.25) is 0 Å². The summed E-state index contributed by atoms with van der Waals surface area (Å²) in [6, 6.07) is 12.3. The maximum Gasteiger partial charge on any atom is 0.244 e. The first-order valence-corrected chi connectivity index (χ1v) is 9.54. The Morgan fingerprint density at radius 1 is 1.13 bits per heavy atom. The molecule has 0 unspecified atom stereocenters. The van der Waals surface area contributed by atoms with Gasteiger partial charge in [0.2, 0.25) is 10.0 Å².